The molecule has 0 unspecified atom stereocenters. The van der Waals surface area contributed by atoms with Gasteiger partial charge in [-0.3, -0.25) is 0 Å². The zero-order valence-electron chi connectivity index (χ0n) is 11.4. The summed E-state index contributed by atoms with van der Waals surface area (Å²) >= 11 is 0. The van der Waals surface area contributed by atoms with Crippen LogP contribution in [0, 0.1) is 13.8 Å². The van der Waals surface area contributed by atoms with Crippen LogP contribution in [0.5, 0.6) is 0 Å². The molecule has 0 aliphatic heterocycles. The summed E-state index contributed by atoms with van der Waals surface area (Å²) in [6.45, 7) is 11.1. The molecule has 0 aliphatic carbocycles. The molecule has 0 heterocycles. The van der Waals surface area contributed by atoms with Crippen molar-refractivity contribution in [2.45, 2.75) is 53.9 Å². The maximum absolute atomic E-state index is 2.35. The zero-order valence-corrected chi connectivity index (χ0v) is 11.4. The third-order valence-corrected chi connectivity index (χ3v) is 3.23. The standard InChI is InChI=1S/C16H24/c1-6-8-15-10-13(4)14(5)11-16(15)9-12(3)7-2/h9-11H,6-8H2,1-5H3/b12-9-. The molecule has 0 amide bonds. The Balaban J connectivity index is 3.19. The van der Waals surface area contributed by atoms with Crippen LogP contribution >= 0.6 is 0 Å². The number of hydrogen-bond acceptors (Lipinski definition) is 0. The van der Waals surface area contributed by atoms with Gasteiger partial charge in [-0.15, -0.1) is 0 Å². The van der Waals surface area contributed by atoms with Gasteiger partial charge in [0.25, 0.3) is 0 Å². The van der Waals surface area contributed by atoms with E-state index in [9.17, 15) is 0 Å². The molecule has 88 valence electrons. The molecule has 1 aromatic carbocycles. The second kappa shape index (κ2) is 5.89. The predicted octanol–water partition coefficient (Wildman–Crippen LogP) is 5.07. The molecule has 0 nitrogen and oxygen atoms in total. The van der Waals surface area contributed by atoms with Gasteiger partial charge in [0, 0.05) is 0 Å². The lowest BCUT2D eigenvalue weighted by molar-refractivity contribution is 0.916. The lowest BCUT2D eigenvalue weighted by atomic mass is 9.95. The first-order valence-corrected chi connectivity index (χ1v) is 6.35. The van der Waals surface area contributed by atoms with Crippen LogP contribution < -0.4 is 0 Å². The van der Waals surface area contributed by atoms with Crippen LogP contribution in [0.3, 0.4) is 0 Å². The molecule has 0 radical (unpaired) electrons. The van der Waals surface area contributed by atoms with Gasteiger partial charge in [0.2, 0.25) is 0 Å². The summed E-state index contributed by atoms with van der Waals surface area (Å²) in [5.41, 5.74) is 7.19. The Kier molecular flexibility index (Phi) is 4.79. The second-order valence-electron chi connectivity index (χ2n) is 4.73. The highest BCUT2D eigenvalue weighted by molar-refractivity contribution is 5.58. The number of hydrogen-bond donors (Lipinski definition) is 0. The summed E-state index contributed by atoms with van der Waals surface area (Å²) in [7, 11) is 0. The van der Waals surface area contributed by atoms with E-state index in [4.69, 9.17) is 0 Å². The van der Waals surface area contributed by atoms with Gasteiger partial charge in [-0.25, -0.2) is 0 Å². The predicted molar refractivity (Wildman–Crippen MR) is 73.9 cm³/mol. The van der Waals surface area contributed by atoms with Crippen molar-refractivity contribution in [3.05, 3.63) is 40.0 Å². The van der Waals surface area contributed by atoms with Crippen molar-refractivity contribution in [3.8, 4) is 0 Å². The molecule has 0 saturated heterocycles. The summed E-state index contributed by atoms with van der Waals surface area (Å²) in [4.78, 5) is 0. The fraction of sp³-hybridized carbons (Fsp3) is 0.500. The van der Waals surface area contributed by atoms with Gasteiger partial charge in [0.05, 0.1) is 0 Å². The number of allylic oxidation sites excluding steroid dienone is 1. The van der Waals surface area contributed by atoms with E-state index in [2.05, 4.69) is 52.8 Å². The van der Waals surface area contributed by atoms with Gasteiger partial charge in [0.1, 0.15) is 0 Å². The first-order valence-electron chi connectivity index (χ1n) is 6.35. The average Bonchev–Trinajstić information content (AvgIpc) is 2.25. The zero-order chi connectivity index (χ0) is 12.1. The van der Waals surface area contributed by atoms with Crippen molar-refractivity contribution in [3.63, 3.8) is 0 Å². The molecule has 0 heteroatoms. The third-order valence-electron chi connectivity index (χ3n) is 3.23. The van der Waals surface area contributed by atoms with Crippen LogP contribution in [-0.2, 0) is 6.42 Å². The summed E-state index contributed by atoms with van der Waals surface area (Å²) < 4.78 is 0. The highest BCUT2D eigenvalue weighted by Gasteiger charge is 2.03. The minimum Gasteiger partial charge on any atom is -0.0730 e. The monoisotopic (exact) mass is 216 g/mol. The van der Waals surface area contributed by atoms with Gasteiger partial charge in [-0.2, -0.15) is 0 Å². The van der Waals surface area contributed by atoms with Gasteiger partial charge in [-0.1, -0.05) is 44.1 Å². The van der Waals surface area contributed by atoms with E-state index in [1.165, 1.54) is 40.7 Å². The highest BCUT2D eigenvalue weighted by Crippen LogP contribution is 2.21. The quantitative estimate of drug-likeness (QED) is 0.659. The van der Waals surface area contributed by atoms with Crippen LogP contribution in [0.15, 0.2) is 17.7 Å². The number of rotatable bonds is 4. The lowest BCUT2D eigenvalue weighted by Gasteiger charge is -2.10. The summed E-state index contributed by atoms with van der Waals surface area (Å²) in [6, 6.07) is 4.69. The first kappa shape index (κ1) is 13.0. The molecular formula is C16H24. The molecule has 0 spiro atoms. The Morgan fingerprint density at radius 3 is 2.31 bits per heavy atom. The molecule has 16 heavy (non-hydrogen) atoms. The van der Waals surface area contributed by atoms with E-state index in [1.807, 2.05) is 0 Å². The maximum atomic E-state index is 2.35. The molecule has 1 aromatic rings. The van der Waals surface area contributed by atoms with Gasteiger partial charge < -0.3 is 0 Å². The maximum Gasteiger partial charge on any atom is -0.0222 e. The van der Waals surface area contributed by atoms with E-state index < -0.39 is 0 Å². The second-order valence-corrected chi connectivity index (χ2v) is 4.73. The largest absolute Gasteiger partial charge is 0.0730 e. The van der Waals surface area contributed by atoms with E-state index in [0.717, 1.165) is 6.42 Å². The minimum atomic E-state index is 1.14. The average molecular weight is 216 g/mol. The molecule has 1 rings (SSSR count). The SMILES string of the molecule is CCCc1cc(C)c(C)cc1/C=C(/C)CC. The summed E-state index contributed by atoms with van der Waals surface area (Å²) in [5.74, 6) is 0. The molecule has 0 aliphatic rings. The van der Waals surface area contributed by atoms with Crippen molar-refractivity contribution in [2.75, 3.05) is 0 Å². The molecule has 0 N–H and O–H groups in total. The van der Waals surface area contributed by atoms with Crippen LogP contribution in [-0.4, -0.2) is 0 Å². The van der Waals surface area contributed by atoms with E-state index in [0.29, 0.717) is 0 Å². The Hall–Kier alpha value is -1.04. The fourth-order valence-corrected chi connectivity index (χ4v) is 1.89. The van der Waals surface area contributed by atoms with Crippen molar-refractivity contribution < 1.29 is 0 Å². The van der Waals surface area contributed by atoms with Crippen molar-refractivity contribution in [2.24, 2.45) is 0 Å². The minimum absolute atomic E-state index is 1.14. The van der Waals surface area contributed by atoms with Gasteiger partial charge in [0.15, 0.2) is 0 Å². The fourth-order valence-electron chi connectivity index (χ4n) is 1.89. The van der Waals surface area contributed by atoms with Crippen LogP contribution in [0.1, 0.15) is 55.9 Å². The Bertz CT molecular complexity index is 383. The topological polar surface area (TPSA) is 0 Å². The molecule has 0 bridgehead atoms. The van der Waals surface area contributed by atoms with Gasteiger partial charge >= 0.3 is 0 Å². The first-order chi connectivity index (χ1) is 7.58. The molecule has 0 atom stereocenters. The van der Waals surface area contributed by atoms with E-state index in [1.54, 1.807) is 0 Å². The summed E-state index contributed by atoms with van der Waals surface area (Å²) in [5, 5.41) is 0. The van der Waals surface area contributed by atoms with Crippen LogP contribution in [0.4, 0.5) is 0 Å². The molecular weight excluding hydrogens is 192 g/mol. The Labute approximate surface area is 100 Å². The third kappa shape index (κ3) is 3.23. The smallest absolute Gasteiger partial charge is 0.0222 e. The summed E-state index contributed by atoms with van der Waals surface area (Å²) in [6.07, 6.45) is 5.88. The Morgan fingerprint density at radius 1 is 1.12 bits per heavy atom. The van der Waals surface area contributed by atoms with Crippen LogP contribution in [0.2, 0.25) is 0 Å². The van der Waals surface area contributed by atoms with E-state index in [-0.39, 0.29) is 0 Å². The number of benzene rings is 1. The van der Waals surface area contributed by atoms with Crippen LogP contribution in [0.25, 0.3) is 6.08 Å². The highest BCUT2D eigenvalue weighted by atomic mass is 14.1. The van der Waals surface area contributed by atoms with Crippen molar-refractivity contribution in [1.29, 1.82) is 0 Å². The van der Waals surface area contributed by atoms with Crippen molar-refractivity contribution in [1.82, 2.24) is 0 Å². The molecule has 0 aromatic heterocycles. The number of aryl methyl sites for hydroxylation is 3. The lowest BCUT2D eigenvalue weighted by Crippen LogP contribution is -1.93. The van der Waals surface area contributed by atoms with Gasteiger partial charge in [-0.05, 0) is 55.9 Å². The van der Waals surface area contributed by atoms with Crippen molar-refractivity contribution >= 4 is 6.08 Å². The Morgan fingerprint density at radius 2 is 1.75 bits per heavy atom. The molecule has 0 fully saturated rings. The van der Waals surface area contributed by atoms with E-state index >= 15 is 0 Å². The normalized spacial score (nSPS) is 11.9. The molecule has 0 saturated carbocycles.